The van der Waals surface area contributed by atoms with E-state index in [4.69, 9.17) is 0 Å². The van der Waals surface area contributed by atoms with E-state index >= 15 is 0 Å². The first-order valence-electron chi connectivity index (χ1n) is 14.5. The summed E-state index contributed by atoms with van der Waals surface area (Å²) in [6, 6.07) is 31.5. The molecule has 6 heteroatoms. The second-order valence-corrected chi connectivity index (χ2v) is 12.8. The molecule has 0 N–H and O–H groups in total. The Hall–Kier alpha value is -3.90. The van der Waals surface area contributed by atoms with Crippen molar-refractivity contribution in [2.24, 2.45) is 0 Å². The van der Waals surface area contributed by atoms with Gasteiger partial charge in [-0.15, -0.1) is 0 Å². The van der Waals surface area contributed by atoms with Gasteiger partial charge < -0.3 is 9.80 Å². The number of carbonyl (C=O) groups is 1. The normalized spacial score (nSPS) is 13.8. The molecule has 212 valence electrons. The molecule has 1 saturated heterocycles. The number of amides is 1. The van der Waals surface area contributed by atoms with Gasteiger partial charge in [0.1, 0.15) is 0 Å². The molecule has 0 unspecified atom stereocenters. The fourth-order valence-corrected chi connectivity index (χ4v) is 6.81. The van der Waals surface area contributed by atoms with E-state index in [1.165, 1.54) is 16.7 Å². The molecule has 1 fully saturated rings. The lowest BCUT2D eigenvalue weighted by Gasteiger charge is -2.37. The smallest absolute Gasteiger partial charge is 0.254 e. The predicted octanol–water partition coefficient (Wildman–Crippen LogP) is 6.94. The van der Waals surface area contributed by atoms with Crippen molar-refractivity contribution >= 4 is 21.4 Å². The van der Waals surface area contributed by atoms with Crippen molar-refractivity contribution < 1.29 is 13.2 Å². The van der Waals surface area contributed by atoms with Gasteiger partial charge in [-0.3, -0.25) is 4.79 Å². The third kappa shape index (κ3) is 6.71. The Labute approximate surface area is 244 Å². The van der Waals surface area contributed by atoms with Crippen molar-refractivity contribution in [3.05, 3.63) is 119 Å². The molecule has 1 heterocycles. The highest BCUT2D eigenvalue weighted by Gasteiger charge is 2.26. The highest BCUT2D eigenvalue weighted by molar-refractivity contribution is 7.90. The average Bonchev–Trinajstić information content (AvgIpc) is 3.01. The summed E-state index contributed by atoms with van der Waals surface area (Å²) in [5.74, 6) is -0.201. The Morgan fingerprint density at radius 3 is 2.15 bits per heavy atom. The second-order valence-electron chi connectivity index (χ2n) is 10.8. The maximum atomic E-state index is 13.6. The predicted molar refractivity (Wildman–Crippen MR) is 167 cm³/mol. The molecule has 0 aromatic heterocycles. The molecule has 1 aliphatic heterocycles. The Kier molecular flexibility index (Phi) is 8.89. The summed E-state index contributed by atoms with van der Waals surface area (Å²) in [5, 5.41) is 0. The molecule has 0 spiro atoms. The van der Waals surface area contributed by atoms with Gasteiger partial charge in [-0.1, -0.05) is 92.2 Å². The van der Waals surface area contributed by atoms with E-state index in [0.717, 1.165) is 36.1 Å². The Morgan fingerprint density at radius 2 is 1.44 bits per heavy atom. The maximum absolute atomic E-state index is 13.6. The molecule has 0 atom stereocenters. The SMILES string of the molecule is CCCCc1ccc(CS(=O)(=O)c2ccc(C)c(C(=O)N3CCN(c4ccccc4-c4ccccc4)CC3)c2)cc1. The number of hydrogen-bond acceptors (Lipinski definition) is 4. The second kappa shape index (κ2) is 12.7. The lowest BCUT2D eigenvalue weighted by molar-refractivity contribution is 0.0746. The third-order valence-corrected chi connectivity index (χ3v) is 9.58. The first-order valence-corrected chi connectivity index (χ1v) is 16.1. The maximum Gasteiger partial charge on any atom is 0.254 e. The van der Waals surface area contributed by atoms with Crippen molar-refractivity contribution in [1.82, 2.24) is 4.90 Å². The molecule has 5 nitrogen and oxygen atoms in total. The van der Waals surface area contributed by atoms with Crippen LogP contribution in [-0.2, 0) is 22.0 Å². The summed E-state index contributed by atoms with van der Waals surface area (Å²) in [4.78, 5) is 18.0. The lowest BCUT2D eigenvalue weighted by atomic mass is 10.0. The molecular formula is C35H38N2O3S. The molecule has 0 aliphatic carbocycles. The van der Waals surface area contributed by atoms with E-state index in [9.17, 15) is 13.2 Å². The zero-order valence-corrected chi connectivity index (χ0v) is 24.7. The number of unbranched alkanes of at least 4 members (excludes halogenated alkanes) is 1. The Balaban J connectivity index is 1.28. The van der Waals surface area contributed by atoms with Crippen LogP contribution in [0.25, 0.3) is 11.1 Å². The number of carbonyl (C=O) groups excluding carboxylic acids is 1. The number of rotatable bonds is 9. The van der Waals surface area contributed by atoms with Gasteiger partial charge in [-0.05, 0) is 60.2 Å². The zero-order valence-electron chi connectivity index (χ0n) is 23.9. The third-order valence-electron chi connectivity index (χ3n) is 7.89. The molecule has 5 rings (SSSR count). The van der Waals surface area contributed by atoms with E-state index in [1.54, 1.807) is 18.2 Å². The van der Waals surface area contributed by atoms with Crippen LogP contribution in [0.2, 0.25) is 0 Å². The highest BCUT2D eigenvalue weighted by Crippen LogP contribution is 2.31. The van der Waals surface area contributed by atoms with Gasteiger partial charge >= 0.3 is 0 Å². The molecule has 1 amide bonds. The topological polar surface area (TPSA) is 57.7 Å². The summed E-state index contributed by atoms with van der Waals surface area (Å²) in [5.41, 5.74) is 6.73. The zero-order chi connectivity index (χ0) is 28.8. The van der Waals surface area contributed by atoms with Gasteiger partial charge in [0.25, 0.3) is 5.91 Å². The Bertz CT molecular complexity index is 1590. The lowest BCUT2D eigenvalue weighted by Crippen LogP contribution is -2.49. The summed E-state index contributed by atoms with van der Waals surface area (Å²) < 4.78 is 26.7. The van der Waals surface area contributed by atoms with Crippen molar-refractivity contribution in [2.75, 3.05) is 31.1 Å². The minimum absolute atomic E-state index is 0.0861. The molecule has 0 saturated carbocycles. The minimum atomic E-state index is -3.60. The molecule has 0 radical (unpaired) electrons. The standard InChI is InChI=1S/C35H38N2O3S/c1-3-4-10-28-16-18-29(19-17-28)26-41(39,40)31-20-15-27(2)33(25-31)35(38)37-23-21-36(22-24-37)34-14-9-8-13-32(34)30-11-6-5-7-12-30/h5-9,11-20,25H,3-4,10,21-24,26H2,1-2H3. The van der Waals surface area contributed by atoms with Crippen LogP contribution in [0.15, 0.2) is 102 Å². The molecule has 4 aromatic carbocycles. The van der Waals surface area contributed by atoms with E-state index in [2.05, 4.69) is 48.2 Å². The Morgan fingerprint density at radius 1 is 0.780 bits per heavy atom. The van der Waals surface area contributed by atoms with Crippen molar-refractivity contribution in [2.45, 2.75) is 43.8 Å². The van der Waals surface area contributed by atoms with Crippen LogP contribution < -0.4 is 4.90 Å². The van der Waals surface area contributed by atoms with Gasteiger partial charge in [0, 0.05) is 43.0 Å². The number of piperazine rings is 1. The van der Waals surface area contributed by atoms with Crippen LogP contribution in [-0.4, -0.2) is 45.4 Å². The van der Waals surface area contributed by atoms with Crippen molar-refractivity contribution in [1.29, 1.82) is 0 Å². The summed E-state index contributed by atoms with van der Waals surface area (Å²) in [6.45, 7) is 6.59. The fourth-order valence-electron chi connectivity index (χ4n) is 5.44. The first kappa shape index (κ1) is 28.6. The quantitative estimate of drug-likeness (QED) is 0.220. The largest absolute Gasteiger partial charge is 0.367 e. The van der Waals surface area contributed by atoms with E-state index in [0.29, 0.717) is 31.7 Å². The first-order chi connectivity index (χ1) is 19.9. The fraction of sp³-hybridized carbons (Fsp3) is 0.286. The number of sulfone groups is 1. The van der Waals surface area contributed by atoms with Crippen LogP contribution >= 0.6 is 0 Å². The number of nitrogens with zero attached hydrogens (tertiary/aromatic N) is 2. The van der Waals surface area contributed by atoms with Crippen molar-refractivity contribution in [3.8, 4) is 11.1 Å². The van der Waals surface area contributed by atoms with Crippen LogP contribution in [0.4, 0.5) is 5.69 Å². The van der Waals surface area contributed by atoms with Gasteiger partial charge in [0.05, 0.1) is 10.6 Å². The highest BCUT2D eigenvalue weighted by atomic mass is 32.2. The van der Waals surface area contributed by atoms with E-state index < -0.39 is 9.84 Å². The monoisotopic (exact) mass is 566 g/mol. The number of para-hydroxylation sites is 1. The van der Waals surface area contributed by atoms with Crippen LogP contribution in [0.1, 0.15) is 46.8 Å². The molecule has 4 aromatic rings. The van der Waals surface area contributed by atoms with Gasteiger partial charge in [0.2, 0.25) is 0 Å². The average molecular weight is 567 g/mol. The van der Waals surface area contributed by atoms with Crippen LogP contribution in [0.3, 0.4) is 0 Å². The van der Waals surface area contributed by atoms with E-state index in [-0.39, 0.29) is 16.6 Å². The van der Waals surface area contributed by atoms with Gasteiger partial charge in [0.15, 0.2) is 9.84 Å². The molecular weight excluding hydrogens is 528 g/mol. The summed E-state index contributed by atoms with van der Waals surface area (Å²) >= 11 is 0. The summed E-state index contributed by atoms with van der Waals surface area (Å²) in [6.07, 6.45) is 3.25. The number of anilines is 1. The molecule has 0 bridgehead atoms. The number of benzene rings is 4. The number of hydrogen-bond donors (Lipinski definition) is 0. The van der Waals surface area contributed by atoms with Gasteiger partial charge in [-0.25, -0.2) is 8.42 Å². The van der Waals surface area contributed by atoms with E-state index in [1.807, 2.05) is 54.3 Å². The van der Waals surface area contributed by atoms with Crippen LogP contribution in [0, 0.1) is 6.92 Å². The number of aryl methyl sites for hydroxylation is 2. The van der Waals surface area contributed by atoms with Crippen molar-refractivity contribution in [3.63, 3.8) is 0 Å². The van der Waals surface area contributed by atoms with Crippen LogP contribution in [0.5, 0.6) is 0 Å². The van der Waals surface area contributed by atoms with Gasteiger partial charge in [-0.2, -0.15) is 0 Å². The molecule has 1 aliphatic rings. The summed E-state index contributed by atoms with van der Waals surface area (Å²) in [7, 11) is -3.60. The minimum Gasteiger partial charge on any atom is -0.367 e. The molecule has 41 heavy (non-hydrogen) atoms.